The Labute approximate surface area is 139 Å². The van der Waals surface area contributed by atoms with Crippen LogP contribution in [0.4, 0.5) is 10.5 Å². The van der Waals surface area contributed by atoms with Crippen LogP contribution in [0, 0.1) is 0 Å². The minimum absolute atomic E-state index is 0.269. The number of benzene rings is 3. The van der Waals surface area contributed by atoms with Crippen LogP contribution in [0.5, 0.6) is 0 Å². The molecule has 0 saturated heterocycles. The SMILES string of the molecule is COC(=O)Nc1ccc2cc3cc(COC(C)=O)ccc3cc2c1. The molecule has 0 unspecified atom stereocenters. The van der Waals surface area contributed by atoms with Gasteiger partial charge < -0.3 is 9.47 Å². The third-order valence-electron chi connectivity index (χ3n) is 3.73. The molecular formula is C19H17NO4. The summed E-state index contributed by atoms with van der Waals surface area (Å²) in [6, 6.07) is 15.7. The second kappa shape index (κ2) is 6.58. The first-order chi connectivity index (χ1) is 11.5. The fourth-order valence-corrected chi connectivity index (χ4v) is 2.57. The largest absolute Gasteiger partial charge is 0.461 e. The highest BCUT2D eigenvalue weighted by Crippen LogP contribution is 2.26. The Morgan fingerprint density at radius 2 is 1.58 bits per heavy atom. The van der Waals surface area contributed by atoms with Crippen LogP contribution in [0.1, 0.15) is 12.5 Å². The number of rotatable bonds is 3. The summed E-state index contributed by atoms with van der Waals surface area (Å²) < 4.78 is 9.64. The molecule has 0 radical (unpaired) electrons. The summed E-state index contributed by atoms with van der Waals surface area (Å²) >= 11 is 0. The lowest BCUT2D eigenvalue weighted by Crippen LogP contribution is -2.10. The summed E-state index contributed by atoms with van der Waals surface area (Å²) in [7, 11) is 1.33. The first kappa shape index (κ1) is 15.8. The molecular weight excluding hydrogens is 306 g/mol. The molecule has 0 aromatic heterocycles. The number of methoxy groups -OCH3 is 1. The van der Waals surface area contributed by atoms with Gasteiger partial charge in [0.25, 0.3) is 0 Å². The van der Waals surface area contributed by atoms with Gasteiger partial charge in [-0.1, -0.05) is 18.2 Å². The minimum atomic E-state index is -0.495. The number of esters is 1. The Hall–Kier alpha value is -3.08. The number of nitrogens with one attached hydrogen (secondary N) is 1. The van der Waals surface area contributed by atoms with Gasteiger partial charge in [-0.25, -0.2) is 4.79 Å². The third-order valence-corrected chi connectivity index (χ3v) is 3.73. The summed E-state index contributed by atoms with van der Waals surface area (Å²) in [6.07, 6.45) is -0.495. The molecule has 0 aliphatic carbocycles. The molecule has 0 bridgehead atoms. The number of amides is 1. The van der Waals surface area contributed by atoms with E-state index in [1.165, 1.54) is 14.0 Å². The zero-order valence-electron chi connectivity index (χ0n) is 13.5. The second-order valence-electron chi connectivity index (χ2n) is 5.49. The van der Waals surface area contributed by atoms with Crippen LogP contribution in [0.2, 0.25) is 0 Å². The van der Waals surface area contributed by atoms with Crippen LogP contribution in [-0.2, 0) is 20.9 Å². The van der Waals surface area contributed by atoms with Crippen molar-refractivity contribution in [2.24, 2.45) is 0 Å². The lowest BCUT2D eigenvalue weighted by Gasteiger charge is -2.08. The van der Waals surface area contributed by atoms with Gasteiger partial charge in [-0.05, 0) is 57.4 Å². The van der Waals surface area contributed by atoms with E-state index in [0.29, 0.717) is 5.69 Å². The molecule has 0 aliphatic heterocycles. The van der Waals surface area contributed by atoms with Crippen LogP contribution in [0.15, 0.2) is 48.5 Å². The zero-order chi connectivity index (χ0) is 17.1. The Balaban J connectivity index is 1.96. The van der Waals surface area contributed by atoms with Gasteiger partial charge in [0.2, 0.25) is 0 Å². The van der Waals surface area contributed by atoms with Crippen LogP contribution in [0.25, 0.3) is 21.5 Å². The first-order valence-electron chi connectivity index (χ1n) is 7.50. The van der Waals surface area contributed by atoms with E-state index in [9.17, 15) is 9.59 Å². The molecule has 0 heterocycles. The van der Waals surface area contributed by atoms with Crippen LogP contribution in [0.3, 0.4) is 0 Å². The minimum Gasteiger partial charge on any atom is -0.461 e. The molecule has 3 aromatic rings. The van der Waals surface area contributed by atoms with Crippen molar-refractivity contribution < 1.29 is 19.1 Å². The van der Waals surface area contributed by atoms with Gasteiger partial charge in [0, 0.05) is 12.6 Å². The van der Waals surface area contributed by atoms with Gasteiger partial charge >= 0.3 is 12.1 Å². The molecule has 122 valence electrons. The van der Waals surface area contributed by atoms with Crippen molar-refractivity contribution in [2.45, 2.75) is 13.5 Å². The fourth-order valence-electron chi connectivity index (χ4n) is 2.57. The Morgan fingerprint density at radius 3 is 2.25 bits per heavy atom. The average molecular weight is 323 g/mol. The molecule has 0 aliphatic rings. The van der Waals surface area contributed by atoms with Crippen LogP contribution in [-0.4, -0.2) is 19.2 Å². The fraction of sp³-hybridized carbons (Fsp3) is 0.158. The predicted molar refractivity (Wildman–Crippen MR) is 93.0 cm³/mol. The third kappa shape index (κ3) is 3.46. The van der Waals surface area contributed by atoms with Gasteiger partial charge in [0.1, 0.15) is 6.61 Å². The van der Waals surface area contributed by atoms with Crippen molar-refractivity contribution in [3.8, 4) is 0 Å². The van der Waals surface area contributed by atoms with Crippen molar-refractivity contribution in [3.63, 3.8) is 0 Å². The highest BCUT2D eigenvalue weighted by atomic mass is 16.5. The lowest BCUT2D eigenvalue weighted by molar-refractivity contribution is -0.142. The van der Waals surface area contributed by atoms with Crippen molar-refractivity contribution in [2.75, 3.05) is 12.4 Å². The number of carbonyl (C=O) groups excluding carboxylic acids is 2. The molecule has 3 rings (SSSR count). The lowest BCUT2D eigenvalue weighted by atomic mass is 10.0. The Kier molecular flexibility index (Phi) is 4.33. The van der Waals surface area contributed by atoms with E-state index in [-0.39, 0.29) is 12.6 Å². The number of hydrogen-bond acceptors (Lipinski definition) is 4. The molecule has 1 N–H and O–H groups in total. The van der Waals surface area contributed by atoms with Crippen LogP contribution < -0.4 is 5.32 Å². The van der Waals surface area contributed by atoms with E-state index in [1.54, 1.807) is 0 Å². The maximum Gasteiger partial charge on any atom is 0.411 e. The summed E-state index contributed by atoms with van der Waals surface area (Å²) in [6.45, 7) is 1.67. The van der Waals surface area contributed by atoms with E-state index in [1.807, 2.05) is 36.4 Å². The molecule has 1 amide bonds. The molecule has 0 saturated carbocycles. The molecule has 5 nitrogen and oxygen atoms in total. The molecule has 5 heteroatoms. The quantitative estimate of drug-likeness (QED) is 0.578. The number of ether oxygens (including phenoxy) is 2. The number of carbonyl (C=O) groups is 2. The van der Waals surface area contributed by atoms with Gasteiger partial charge in [-0.3, -0.25) is 10.1 Å². The first-order valence-corrected chi connectivity index (χ1v) is 7.50. The normalized spacial score (nSPS) is 10.6. The molecule has 0 spiro atoms. The molecule has 3 aromatic carbocycles. The van der Waals surface area contributed by atoms with E-state index in [0.717, 1.165) is 27.1 Å². The predicted octanol–water partition coefficient (Wildman–Crippen LogP) is 4.23. The van der Waals surface area contributed by atoms with Gasteiger partial charge in [-0.15, -0.1) is 0 Å². The van der Waals surface area contributed by atoms with Gasteiger partial charge in [-0.2, -0.15) is 0 Å². The summed E-state index contributed by atoms with van der Waals surface area (Å²) in [5.41, 5.74) is 1.63. The summed E-state index contributed by atoms with van der Waals surface area (Å²) in [4.78, 5) is 22.2. The summed E-state index contributed by atoms with van der Waals surface area (Å²) in [5.74, 6) is -0.292. The van der Waals surface area contributed by atoms with Crippen molar-refractivity contribution in [1.82, 2.24) is 0 Å². The Bertz CT molecular complexity index is 933. The molecule has 0 atom stereocenters. The topological polar surface area (TPSA) is 64.6 Å². The smallest absolute Gasteiger partial charge is 0.411 e. The standard InChI is InChI=1S/C19H17NO4/c1-12(21)24-11-13-3-4-14-9-17-10-18(20-19(22)23-2)6-5-15(17)8-16(14)7-13/h3-10H,11H2,1-2H3,(H,20,22). The zero-order valence-corrected chi connectivity index (χ0v) is 13.5. The van der Waals surface area contributed by atoms with Crippen molar-refractivity contribution in [1.29, 1.82) is 0 Å². The summed E-state index contributed by atoms with van der Waals surface area (Å²) in [5, 5.41) is 6.88. The average Bonchev–Trinajstić information content (AvgIpc) is 2.57. The monoisotopic (exact) mass is 323 g/mol. The van der Waals surface area contributed by atoms with E-state index >= 15 is 0 Å². The van der Waals surface area contributed by atoms with E-state index < -0.39 is 6.09 Å². The van der Waals surface area contributed by atoms with Crippen molar-refractivity contribution in [3.05, 3.63) is 54.1 Å². The molecule has 0 fully saturated rings. The number of hydrogen-bond donors (Lipinski definition) is 1. The van der Waals surface area contributed by atoms with Gasteiger partial charge in [0.15, 0.2) is 0 Å². The maximum absolute atomic E-state index is 11.3. The van der Waals surface area contributed by atoms with E-state index in [2.05, 4.69) is 22.2 Å². The van der Waals surface area contributed by atoms with E-state index in [4.69, 9.17) is 4.74 Å². The highest BCUT2D eigenvalue weighted by molar-refractivity contribution is 6.00. The Morgan fingerprint density at radius 1 is 0.917 bits per heavy atom. The van der Waals surface area contributed by atoms with Gasteiger partial charge in [0.05, 0.1) is 7.11 Å². The van der Waals surface area contributed by atoms with Crippen molar-refractivity contribution >= 4 is 39.3 Å². The maximum atomic E-state index is 11.3. The number of anilines is 1. The van der Waals surface area contributed by atoms with Crippen LogP contribution >= 0.6 is 0 Å². The second-order valence-corrected chi connectivity index (χ2v) is 5.49. The molecule has 24 heavy (non-hydrogen) atoms. The number of fused-ring (bicyclic) bond motifs is 2. The highest BCUT2D eigenvalue weighted by Gasteiger charge is 2.05.